The molecule has 0 aliphatic carbocycles. The second kappa shape index (κ2) is 5.56. The topological polar surface area (TPSA) is 72.0 Å². The molecule has 0 radical (unpaired) electrons. The van der Waals surface area contributed by atoms with Crippen molar-refractivity contribution in [3.63, 3.8) is 0 Å². The maximum Gasteiger partial charge on any atom is 0.253 e. The molecule has 78 valence electrons. The molecule has 0 unspecified atom stereocenters. The lowest BCUT2D eigenvalue weighted by molar-refractivity contribution is 0.267. The third-order valence-corrected chi connectivity index (χ3v) is 1.50. The molecular weight excluding hydrogens is 206 g/mol. The normalized spacial score (nSPS) is 9.93. The second-order valence-corrected chi connectivity index (χ2v) is 2.82. The minimum atomic E-state index is 0.123. The number of halogens is 1. The standard InChI is InChI=1S/C7H12ClN5O/c1-3-4-9-6-10-5(8)11-7(12-6)13-14-2/h3-4H2,1-2H3,(H2,9,10,11,12,13). The van der Waals surface area contributed by atoms with Crippen LogP contribution in [0, 0.1) is 0 Å². The first kappa shape index (κ1) is 10.9. The smallest absolute Gasteiger partial charge is 0.253 e. The lowest BCUT2D eigenvalue weighted by atomic mass is 10.5. The van der Waals surface area contributed by atoms with E-state index in [-0.39, 0.29) is 11.2 Å². The third-order valence-electron chi connectivity index (χ3n) is 1.33. The van der Waals surface area contributed by atoms with Crippen LogP contribution in [0.15, 0.2) is 0 Å². The van der Waals surface area contributed by atoms with Gasteiger partial charge in [-0.2, -0.15) is 15.0 Å². The highest BCUT2D eigenvalue weighted by Crippen LogP contribution is 2.08. The molecule has 6 nitrogen and oxygen atoms in total. The quantitative estimate of drug-likeness (QED) is 0.725. The SMILES string of the molecule is CCCNc1nc(Cl)nc(NOC)n1. The van der Waals surface area contributed by atoms with Crippen LogP contribution in [0.2, 0.25) is 5.28 Å². The fourth-order valence-electron chi connectivity index (χ4n) is 0.803. The van der Waals surface area contributed by atoms with Gasteiger partial charge in [-0.3, -0.25) is 4.84 Å². The Morgan fingerprint density at radius 3 is 2.64 bits per heavy atom. The number of hydrogen-bond acceptors (Lipinski definition) is 6. The van der Waals surface area contributed by atoms with Crippen molar-refractivity contribution in [1.82, 2.24) is 15.0 Å². The van der Waals surface area contributed by atoms with Crippen molar-refractivity contribution >= 4 is 23.5 Å². The number of nitrogens with zero attached hydrogens (tertiary/aromatic N) is 3. The Morgan fingerprint density at radius 2 is 2.00 bits per heavy atom. The molecule has 0 saturated carbocycles. The summed E-state index contributed by atoms with van der Waals surface area (Å²) in [6.07, 6.45) is 0.982. The van der Waals surface area contributed by atoms with E-state index in [4.69, 9.17) is 11.6 Å². The van der Waals surface area contributed by atoms with Gasteiger partial charge in [0.1, 0.15) is 0 Å². The maximum atomic E-state index is 5.67. The molecule has 0 atom stereocenters. The zero-order chi connectivity index (χ0) is 10.4. The van der Waals surface area contributed by atoms with E-state index in [0.717, 1.165) is 13.0 Å². The average molecular weight is 218 g/mol. The molecule has 1 rings (SSSR count). The van der Waals surface area contributed by atoms with Crippen LogP contribution in [0.3, 0.4) is 0 Å². The highest BCUT2D eigenvalue weighted by atomic mass is 35.5. The summed E-state index contributed by atoms with van der Waals surface area (Å²) in [5.74, 6) is 0.720. The predicted molar refractivity (Wildman–Crippen MR) is 54.2 cm³/mol. The summed E-state index contributed by atoms with van der Waals surface area (Å²) in [5, 5.41) is 3.12. The van der Waals surface area contributed by atoms with Crippen molar-refractivity contribution in [3.05, 3.63) is 5.28 Å². The summed E-state index contributed by atoms with van der Waals surface area (Å²) in [4.78, 5) is 16.3. The van der Waals surface area contributed by atoms with Crippen LogP contribution in [-0.2, 0) is 4.84 Å². The molecule has 0 bridgehead atoms. The molecule has 0 saturated heterocycles. The van der Waals surface area contributed by atoms with E-state index in [1.165, 1.54) is 7.11 Å². The Labute approximate surface area is 87.0 Å². The number of hydrogen-bond donors (Lipinski definition) is 2. The van der Waals surface area contributed by atoms with Gasteiger partial charge in [0.2, 0.25) is 11.2 Å². The number of aromatic nitrogens is 3. The fraction of sp³-hybridized carbons (Fsp3) is 0.571. The van der Waals surface area contributed by atoms with Crippen LogP contribution >= 0.6 is 11.6 Å². The van der Waals surface area contributed by atoms with Gasteiger partial charge in [-0.1, -0.05) is 6.92 Å². The van der Waals surface area contributed by atoms with Crippen molar-refractivity contribution in [2.75, 3.05) is 24.5 Å². The zero-order valence-corrected chi connectivity index (χ0v) is 8.80. The third kappa shape index (κ3) is 3.31. The lowest BCUT2D eigenvalue weighted by Gasteiger charge is -2.05. The van der Waals surface area contributed by atoms with Crippen molar-refractivity contribution in [2.24, 2.45) is 0 Å². The number of nitrogens with one attached hydrogen (secondary N) is 2. The zero-order valence-electron chi connectivity index (χ0n) is 8.04. The summed E-state index contributed by atoms with van der Waals surface area (Å²) in [5.41, 5.74) is 2.48. The molecule has 0 amide bonds. The van der Waals surface area contributed by atoms with Crippen molar-refractivity contribution < 1.29 is 4.84 Å². The first-order chi connectivity index (χ1) is 6.76. The molecule has 0 aliphatic heterocycles. The highest BCUT2D eigenvalue weighted by molar-refractivity contribution is 6.28. The lowest BCUT2D eigenvalue weighted by Crippen LogP contribution is -2.09. The summed E-state index contributed by atoms with van der Waals surface area (Å²) >= 11 is 5.67. The van der Waals surface area contributed by atoms with Gasteiger partial charge in [0, 0.05) is 6.54 Å². The van der Waals surface area contributed by atoms with Crippen molar-refractivity contribution in [1.29, 1.82) is 0 Å². The molecule has 0 fully saturated rings. The van der Waals surface area contributed by atoms with Gasteiger partial charge in [-0.05, 0) is 18.0 Å². The van der Waals surface area contributed by atoms with E-state index in [2.05, 4.69) is 30.6 Å². The highest BCUT2D eigenvalue weighted by Gasteiger charge is 2.03. The summed E-state index contributed by atoms with van der Waals surface area (Å²) < 4.78 is 0. The molecule has 0 aromatic carbocycles. The van der Waals surface area contributed by atoms with Crippen LogP contribution in [0.25, 0.3) is 0 Å². The van der Waals surface area contributed by atoms with Crippen LogP contribution in [0.4, 0.5) is 11.9 Å². The fourth-order valence-corrected chi connectivity index (χ4v) is 0.963. The van der Waals surface area contributed by atoms with Crippen LogP contribution in [0.5, 0.6) is 0 Å². The average Bonchev–Trinajstić information content (AvgIpc) is 2.14. The molecule has 1 heterocycles. The maximum absolute atomic E-state index is 5.67. The Bertz CT molecular complexity index is 295. The van der Waals surface area contributed by atoms with Crippen molar-refractivity contribution in [2.45, 2.75) is 13.3 Å². The van der Waals surface area contributed by atoms with Crippen LogP contribution < -0.4 is 10.8 Å². The van der Waals surface area contributed by atoms with Gasteiger partial charge in [-0.15, -0.1) is 0 Å². The molecule has 1 aromatic rings. The Balaban J connectivity index is 2.73. The second-order valence-electron chi connectivity index (χ2n) is 2.48. The van der Waals surface area contributed by atoms with Crippen molar-refractivity contribution in [3.8, 4) is 0 Å². The minimum Gasteiger partial charge on any atom is -0.354 e. The van der Waals surface area contributed by atoms with E-state index < -0.39 is 0 Å². The van der Waals surface area contributed by atoms with Gasteiger partial charge < -0.3 is 5.32 Å². The van der Waals surface area contributed by atoms with Gasteiger partial charge in [0.05, 0.1) is 7.11 Å². The number of rotatable bonds is 5. The summed E-state index contributed by atoms with van der Waals surface area (Å²) in [6.45, 7) is 2.83. The first-order valence-corrected chi connectivity index (χ1v) is 4.58. The van der Waals surface area contributed by atoms with E-state index in [1.807, 2.05) is 6.92 Å². The van der Waals surface area contributed by atoms with Gasteiger partial charge in [-0.25, -0.2) is 5.48 Å². The first-order valence-electron chi connectivity index (χ1n) is 4.20. The predicted octanol–water partition coefficient (Wildman–Crippen LogP) is 1.32. The monoisotopic (exact) mass is 217 g/mol. The van der Waals surface area contributed by atoms with E-state index in [1.54, 1.807) is 0 Å². The molecule has 0 aliphatic rings. The molecule has 14 heavy (non-hydrogen) atoms. The molecule has 0 spiro atoms. The molecule has 7 heteroatoms. The summed E-state index contributed by atoms with van der Waals surface area (Å²) in [6, 6.07) is 0. The van der Waals surface area contributed by atoms with Gasteiger partial charge >= 0.3 is 0 Å². The minimum absolute atomic E-state index is 0.123. The number of anilines is 2. The van der Waals surface area contributed by atoms with E-state index in [0.29, 0.717) is 5.95 Å². The van der Waals surface area contributed by atoms with E-state index >= 15 is 0 Å². The van der Waals surface area contributed by atoms with E-state index in [9.17, 15) is 0 Å². The largest absolute Gasteiger partial charge is 0.354 e. The molecule has 1 aromatic heterocycles. The Hall–Kier alpha value is -1.14. The Kier molecular flexibility index (Phi) is 4.34. The van der Waals surface area contributed by atoms with Crippen LogP contribution in [-0.4, -0.2) is 28.6 Å². The van der Waals surface area contributed by atoms with Gasteiger partial charge in [0.15, 0.2) is 0 Å². The van der Waals surface area contributed by atoms with Gasteiger partial charge in [0.25, 0.3) is 5.95 Å². The molecular formula is C7H12ClN5O. The molecule has 2 N–H and O–H groups in total. The summed E-state index contributed by atoms with van der Waals surface area (Å²) in [7, 11) is 1.47. The van der Waals surface area contributed by atoms with Crippen LogP contribution in [0.1, 0.15) is 13.3 Å². The Morgan fingerprint density at radius 1 is 1.29 bits per heavy atom.